The van der Waals surface area contributed by atoms with Crippen molar-refractivity contribution >= 4 is 10.0 Å². The molecule has 0 radical (unpaired) electrons. The van der Waals surface area contributed by atoms with Gasteiger partial charge in [-0.15, -0.1) is 0 Å². The predicted octanol–water partition coefficient (Wildman–Crippen LogP) is 4.28. The number of likely N-dealkylation sites (tertiary alicyclic amines) is 1. The second-order valence-corrected chi connectivity index (χ2v) is 11.9. The Kier molecular flexibility index (Phi) is 7.82. The molecule has 5 rings (SSSR count). The van der Waals surface area contributed by atoms with Crippen molar-refractivity contribution in [1.29, 1.82) is 0 Å². The molecule has 2 aromatic carbocycles. The van der Waals surface area contributed by atoms with E-state index in [1.54, 1.807) is 19.2 Å². The molecule has 0 bridgehead atoms. The van der Waals surface area contributed by atoms with E-state index in [0.29, 0.717) is 24.1 Å². The molecule has 3 unspecified atom stereocenters. The van der Waals surface area contributed by atoms with Crippen molar-refractivity contribution in [2.75, 3.05) is 32.8 Å². The molecule has 1 aliphatic carbocycles. The number of benzene rings is 2. The summed E-state index contributed by atoms with van der Waals surface area (Å²) in [7, 11) is -2.15. The molecular formula is C27H30F4N4O3S. The van der Waals surface area contributed by atoms with Gasteiger partial charge in [-0.1, -0.05) is 24.3 Å². The Morgan fingerprint density at radius 3 is 2.59 bits per heavy atom. The highest BCUT2D eigenvalue weighted by atomic mass is 32.2. The molecule has 0 saturated carbocycles. The molecule has 210 valence electrons. The quantitative estimate of drug-likeness (QED) is 0.293. The third-order valence-electron chi connectivity index (χ3n) is 7.47. The fraction of sp³-hybridized carbons (Fsp3) is 0.444. The van der Waals surface area contributed by atoms with Crippen molar-refractivity contribution in [2.24, 2.45) is 13.0 Å². The lowest BCUT2D eigenvalue weighted by Gasteiger charge is -2.37. The molecule has 0 amide bonds. The smallest absolute Gasteiger partial charge is 0.372 e. The molecule has 0 spiro atoms. The summed E-state index contributed by atoms with van der Waals surface area (Å²) < 4.78 is 89.7. The van der Waals surface area contributed by atoms with Crippen LogP contribution in [0.4, 0.5) is 17.6 Å². The van der Waals surface area contributed by atoms with Crippen molar-refractivity contribution < 1.29 is 30.7 Å². The van der Waals surface area contributed by atoms with Crippen LogP contribution in [0.25, 0.3) is 0 Å². The molecule has 2 aliphatic rings. The van der Waals surface area contributed by atoms with E-state index < -0.39 is 33.7 Å². The van der Waals surface area contributed by atoms with Gasteiger partial charge in [0, 0.05) is 32.3 Å². The van der Waals surface area contributed by atoms with Crippen LogP contribution >= 0.6 is 0 Å². The van der Waals surface area contributed by atoms with Crippen LogP contribution in [-0.4, -0.2) is 55.9 Å². The summed E-state index contributed by atoms with van der Waals surface area (Å²) in [4.78, 5) is 2.29. The molecule has 1 aromatic heterocycles. The maximum absolute atomic E-state index is 14.4. The second-order valence-electron chi connectivity index (χ2n) is 10.1. The summed E-state index contributed by atoms with van der Waals surface area (Å²) in [6.07, 6.45) is -0.933. The molecule has 2 heterocycles. The number of ether oxygens (including phenoxy) is 1. The zero-order chi connectivity index (χ0) is 27.8. The molecule has 39 heavy (non-hydrogen) atoms. The molecule has 1 saturated heterocycles. The van der Waals surface area contributed by atoms with Gasteiger partial charge in [-0.2, -0.15) is 18.3 Å². The number of nitrogens with one attached hydrogen (secondary N) is 1. The van der Waals surface area contributed by atoms with Gasteiger partial charge in [0.2, 0.25) is 10.0 Å². The van der Waals surface area contributed by atoms with Crippen molar-refractivity contribution in [2.45, 2.75) is 35.9 Å². The summed E-state index contributed by atoms with van der Waals surface area (Å²) in [6, 6.07) is 9.80. The third kappa shape index (κ3) is 6.19. The van der Waals surface area contributed by atoms with Crippen LogP contribution in [0.3, 0.4) is 0 Å². The Labute approximate surface area is 224 Å². The zero-order valence-electron chi connectivity index (χ0n) is 21.4. The predicted molar refractivity (Wildman–Crippen MR) is 136 cm³/mol. The highest BCUT2D eigenvalue weighted by Gasteiger charge is 2.43. The SMILES string of the molecule is Cn1cc(S(=O)(=O)NCCOC2c3cc(F)ccc3C(Cc3cccc(C(F)(F)F)c3)C2CN2CCC2)cn1. The van der Waals surface area contributed by atoms with Gasteiger partial charge in [0.25, 0.3) is 0 Å². The molecule has 1 fully saturated rings. The first-order valence-electron chi connectivity index (χ1n) is 12.8. The minimum Gasteiger partial charge on any atom is -0.372 e. The number of hydrogen-bond acceptors (Lipinski definition) is 5. The molecule has 1 aliphatic heterocycles. The van der Waals surface area contributed by atoms with E-state index in [0.717, 1.165) is 31.1 Å². The van der Waals surface area contributed by atoms with Crippen LogP contribution in [0.2, 0.25) is 0 Å². The maximum Gasteiger partial charge on any atom is 0.416 e. The number of alkyl halides is 3. The highest BCUT2D eigenvalue weighted by Crippen LogP contribution is 2.49. The monoisotopic (exact) mass is 566 g/mol. The average molecular weight is 567 g/mol. The van der Waals surface area contributed by atoms with Crippen LogP contribution in [0, 0.1) is 11.7 Å². The van der Waals surface area contributed by atoms with E-state index in [2.05, 4.69) is 14.7 Å². The first-order chi connectivity index (χ1) is 18.5. The highest BCUT2D eigenvalue weighted by molar-refractivity contribution is 7.89. The summed E-state index contributed by atoms with van der Waals surface area (Å²) in [5.41, 5.74) is 1.35. The van der Waals surface area contributed by atoms with E-state index >= 15 is 0 Å². The Balaban J connectivity index is 1.37. The largest absolute Gasteiger partial charge is 0.416 e. The van der Waals surface area contributed by atoms with Crippen LogP contribution in [-0.2, 0) is 34.4 Å². The summed E-state index contributed by atoms with van der Waals surface area (Å²) >= 11 is 0. The lowest BCUT2D eigenvalue weighted by Crippen LogP contribution is -2.42. The molecule has 1 N–H and O–H groups in total. The molecular weight excluding hydrogens is 536 g/mol. The lowest BCUT2D eigenvalue weighted by atomic mass is 9.85. The van der Waals surface area contributed by atoms with E-state index in [9.17, 15) is 26.0 Å². The summed E-state index contributed by atoms with van der Waals surface area (Å²) in [6.45, 7) is 2.50. The van der Waals surface area contributed by atoms with E-state index in [-0.39, 0.29) is 29.9 Å². The van der Waals surface area contributed by atoms with Gasteiger partial charge < -0.3 is 9.64 Å². The Morgan fingerprint density at radius 1 is 1.13 bits per heavy atom. The van der Waals surface area contributed by atoms with E-state index in [4.69, 9.17) is 4.74 Å². The zero-order valence-corrected chi connectivity index (χ0v) is 22.2. The Bertz CT molecular complexity index is 1420. The maximum atomic E-state index is 14.4. The van der Waals surface area contributed by atoms with Gasteiger partial charge in [0.1, 0.15) is 10.7 Å². The number of fused-ring (bicyclic) bond motifs is 1. The van der Waals surface area contributed by atoms with Crippen LogP contribution in [0.15, 0.2) is 59.8 Å². The fourth-order valence-corrected chi connectivity index (χ4v) is 6.47. The summed E-state index contributed by atoms with van der Waals surface area (Å²) in [5, 5.41) is 3.88. The number of hydrogen-bond donors (Lipinski definition) is 1. The minimum absolute atomic E-state index is 0.00684. The Morgan fingerprint density at radius 2 is 1.92 bits per heavy atom. The molecule has 3 aromatic rings. The van der Waals surface area contributed by atoms with Crippen molar-refractivity contribution in [1.82, 2.24) is 19.4 Å². The molecule has 3 atom stereocenters. The number of sulfonamides is 1. The van der Waals surface area contributed by atoms with E-state index in [1.165, 1.54) is 41.3 Å². The Hall–Kier alpha value is -2.80. The topological polar surface area (TPSA) is 76.5 Å². The van der Waals surface area contributed by atoms with Gasteiger partial charge in [-0.05, 0) is 66.7 Å². The average Bonchev–Trinajstić information content (AvgIpc) is 3.41. The van der Waals surface area contributed by atoms with Gasteiger partial charge in [0.05, 0.1) is 24.5 Å². The van der Waals surface area contributed by atoms with Crippen molar-refractivity contribution in [3.05, 3.63) is 82.9 Å². The first-order valence-corrected chi connectivity index (χ1v) is 14.3. The minimum atomic E-state index is -4.45. The number of nitrogens with zero attached hydrogens (tertiary/aromatic N) is 3. The van der Waals surface area contributed by atoms with Gasteiger partial charge in [-0.25, -0.2) is 17.5 Å². The van der Waals surface area contributed by atoms with Crippen molar-refractivity contribution in [3.63, 3.8) is 0 Å². The first kappa shape index (κ1) is 27.8. The second kappa shape index (κ2) is 11.0. The van der Waals surface area contributed by atoms with Crippen LogP contribution < -0.4 is 4.72 Å². The van der Waals surface area contributed by atoms with E-state index in [1.807, 2.05) is 0 Å². The number of halogens is 4. The van der Waals surface area contributed by atoms with Crippen LogP contribution in [0.1, 0.15) is 40.7 Å². The number of aromatic nitrogens is 2. The number of aryl methyl sites for hydroxylation is 1. The lowest BCUT2D eigenvalue weighted by molar-refractivity contribution is -0.137. The fourth-order valence-electron chi connectivity index (χ4n) is 5.47. The van der Waals surface area contributed by atoms with Crippen molar-refractivity contribution in [3.8, 4) is 0 Å². The summed E-state index contributed by atoms with van der Waals surface area (Å²) in [5.74, 6) is -0.768. The van der Waals surface area contributed by atoms with Crippen LogP contribution in [0.5, 0.6) is 0 Å². The molecule has 12 heteroatoms. The standard InChI is InChI=1S/C27H30F4N4O3S/c1-34-16-21(15-32-34)39(36,37)33-8-11-38-26-24-14-20(28)6-7-22(24)23(25(26)17-35-9-3-10-35)13-18-4-2-5-19(12-18)27(29,30)31/h2,4-7,12,14-16,23,25-26,33H,3,8-11,13,17H2,1H3. The van der Waals surface area contributed by atoms with Gasteiger partial charge in [-0.3, -0.25) is 4.68 Å². The normalized spacial score (nSPS) is 21.6. The third-order valence-corrected chi connectivity index (χ3v) is 8.89. The number of rotatable bonds is 10. The van der Waals surface area contributed by atoms with Gasteiger partial charge >= 0.3 is 6.18 Å². The molecule has 7 nitrogen and oxygen atoms in total. The van der Waals surface area contributed by atoms with Gasteiger partial charge in [0.15, 0.2) is 0 Å².